The van der Waals surface area contributed by atoms with Gasteiger partial charge in [0.1, 0.15) is 17.5 Å². The van der Waals surface area contributed by atoms with Gasteiger partial charge in [0.2, 0.25) is 0 Å². The van der Waals surface area contributed by atoms with Crippen molar-refractivity contribution < 1.29 is 23.6 Å². The Morgan fingerprint density at radius 1 is 1.07 bits per heavy atom. The number of rotatable bonds is 6. The molecule has 30 heavy (non-hydrogen) atoms. The summed E-state index contributed by atoms with van der Waals surface area (Å²) in [7, 11) is -1.41. The van der Waals surface area contributed by atoms with Gasteiger partial charge in [0, 0.05) is 17.1 Å². The number of ether oxygens (including phenoxy) is 2. The molecular weight excluding hydrogens is 402 g/mol. The summed E-state index contributed by atoms with van der Waals surface area (Å²) >= 11 is 0. The molecule has 0 radical (unpaired) electrons. The molecule has 1 saturated heterocycles. The topological polar surface area (TPSA) is 77.4 Å². The van der Waals surface area contributed by atoms with Crippen molar-refractivity contribution in [2.24, 2.45) is 5.16 Å². The maximum Gasteiger partial charge on any atom is 0.164 e. The lowest BCUT2D eigenvalue weighted by atomic mass is 9.83. The SMILES string of the molecule is CS(=O)[C@H](C1=NO[C@H](c2ccccc2)[C@H]1c1ccccc1)[C@H](O)[C@H]1COC(C)(C)O1. The molecule has 0 spiro atoms. The fourth-order valence-corrected chi connectivity index (χ4v) is 5.24. The summed E-state index contributed by atoms with van der Waals surface area (Å²) in [5, 5.41) is 14.8. The summed E-state index contributed by atoms with van der Waals surface area (Å²) in [4.78, 5) is 5.87. The molecule has 0 aromatic heterocycles. The van der Waals surface area contributed by atoms with E-state index in [2.05, 4.69) is 5.16 Å². The molecule has 1 fully saturated rings. The van der Waals surface area contributed by atoms with E-state index < -0.39 is 34.0 Å². The number of aliphatic hydroxyl groups excluding tert-OH is 1. The van der Waals surface area contributed by atoms with Gasteiger partial charge in [-0.2, -0.15) is 0 Å². The van der Waals surface area contributed by atoms with Crippen molar-refractivity contribution in [1.29, 1.82) is 0 Å². The van der Waals surface area contributed by atoms with Crippen LogP contribution < -0.4 is 0 Å². The zero-order valence-electron chi connectivity index (χ0n) is 17.3. The third-order valence-electron chi connectivity index (χ3n) is 5.55. The van der Waals surface area contributed by atoms with Gasteiger partial charge in [0.15, 0.2) is 11.9 Å². The molecule has 2 aromatic rings. The number of benzene rings is 2. The minimum absolute atomic E-state index is 0.230. The predicted molar refractivity (Wildman–Crippen MR) is 116 cm³/mol. The molecule has 1 N–H and O–H groups in total. The van der Waals surface area contributed by atoms with Crippen molar-refractivity contribution >= 4 is 16.5 Å². The second-order valence-corrected chi connectivity index (χ2v) is 9.62. The van der Waals surface area contributed by atoms with Crippen molar-refractivity contribution in [2.45, 2.75) is 49.1 Å². The molecule has 7 heteroatoms. The Labute approximate surface area is 179 Å². The Morgan fingerprint density at radius 2 is 1.67 bits per heavy atom. The second kappa shape index (κ2) is 8.59. The third kappa shape index (κ3) is 4.21. The largest absolute Gasteiger partial charge is 0.389 e. The van der Waals surface area contributed by atoms with Crippen LogP contribution in [0.15, 0.2) is 65.8 Å². The Bertz CT molecular complexity index is 918. The standard InChI is InChI=1S/C23H27NO5S/c1-23(2)27-14-17(28-23)20(25)22(30(3)26)19-18(15-10-6-4-7-11-15)21(29-24-19)16-12-8-5-9-13-16/h4-13,17-18,20-22,25H,14H2,1-3H3/t17-,18+,20-,21-,22-,30?/m1/s1. The van der Waals surface area contributed by atoms with E-state index in [1.165, 1.54) is 0 Å². The fraction of sp³-hybridized carbons (Fsp3) is 0.435. The highest BCUT2D eigenvalue weighted by molar-refractivity contribution is 7.85. The molecule has 1 unspecified atom stereocenters. The number of hydrogen-bond acceptors (Lipinski definition) is 6. The van der Waals surface area contributed by atoms with E-state index in [4.69, 9.17) is 14.3 Å². The minimum Gasteiger partial charge on any atom is -0.389 e. The van der Waals surface area contributed by atoms with E-state index in [0.29, 0.717) is 5.71 Å². The van der Waals surface area contributed by atoms with Gasteiger partial charge in [-0.15, -0.1) is 0 Å². The van der Waals surface area contributed by atoms with Crippen LogP contribution in [0.2, 0.25) is 0 Å². The summed E-state index contributed by atoms with van der Waals surface area (Å²) in [6.07, 6.45) is -0.418. The van der Waals surface area contributed by atoms with Gasteiger partial charge in [-0.3, -0.25) is 4.21 Å². The zero-order chi connectivity index (χ0) is 21.3. The first-order valence-electron chi connectivity index (χ1n) is 10.0. The molecule has 0 saturated carbocycles. The average molecular weight is 430 g/mol. The van der Waals surface area contributed by atoms with Gasteiger partial charge in [-0.1, -0.05) is 65.8 Å². The summed E-state index contributed by atoms with van der Waals surface area (Å²) < 4.78 is 24.3. The monoisotopic (exact) mass is 429 g/mol. The molecule has 2 aromatic carbocycles. The minimum atomic E-state index is -1.41. The van der Waals surface area contributed by atoms with Crippen molar-refractivity contribution in [3.8, 4) is 0 Å². The molecule has 4 rings (SSSR count). The molecule has 6 nitrogen and oxygen atoms in total. The van der Waals surface area contributed by atoms with Gasteiger partial charge >= 0.3 is 0 Å². The summed E-state index contributed by atoms with van der Waals surface area (Å²) in [6.45, 7) is 3.83. The van der Waals surface area contributed by atoms with Gasteiger partial charge in [-0.25, -0.2) is 0 Å². The van der Waals surface area contributed by atoms with Crippen LogP contribution in [0.1, 0.15) is 37.0 Å². The first-order chi connectivity index (χ1) is 14.4. The predicted octanol–water partition coefficient (Wildman–Crippen LogP) is 3.16. The molecule has 0 aliphatic carbocycles. The zero-order valence-corrected chi connectivity index (χ0v) is 18.1. The number of hydrogen-bond donors (Lipinski definition) is 1. The van der Waals surface area contributed by atoms with E-state index in [1.54, 1.807) is 20.1 Å². The summed E-state index contributed by atoms with van der Waals surface area (Å²) in [5.74, 6) is -1.06. The molecule has 160 valence electrons. The summed E-state index contributed by atoms with van der Waals surface area (Å²) in [6, 6.07) is 19.7. The molecule has 2 aliphatic heterocycles. The van der Waals surface area contributed by atoms with Crippen LogP contribution in [0, 0.1) is 0 Å². The van der Waals surface area contributed by atoms with Gasteiger partial charge < -0.3 is 19.4 Å². The highest BCUT2D eigenvalue weighted by Crippen LogP contribution is 2.42. The molecule has 0 amide bonds. The van der Waals surface area contributed by atoms with E-state index >= 15 is 0 Å². The normalized spacial score (nSPS) is 28.4. The maximum absolute atomic E-state index is 12.8. The van der Waals surface area contributed by atoms with Crippen LogP contribution in [0.5, 0.6) is 0 Å². The highest BCUT2D eigenvalue weighted by atomic mass is 32.2. The number of nitrogens with zero attached hydrogens (tertiary/aromatic N) is 1. The van der Waals surface area contributed by atoms with Crippen molar-refractivity contribution in [3.05, 3.63) is 71.8 Å². The van der Waals surface area contributed by atoms with Crippen LogP contribution in [0.25, 0.3) is 0 Å². The first-order valence-corrected chi connectivity index (χ1v) is 11.6. The maximum atomic E-state index is 12.8. The van der Waals surface area contributed by atoms with Crippen LogP contribution in [-0.2, 0) is 25.1 Å². The van der Waals surface area contributed by atoms with E-state index in [1.807, 2.05) is 60.7 Å². The van der Waals surface area contributed by atoms with Gasteiger partial charge in [0.25, 0.3) is 0 Å². The van der Waals surface area contributed by atoms with Gasteiger partial charge in [-0.05, 0) is 25.0 Å². The van der Waals surface area contributed by atoms with E-state index in [-0.39, 0.29) is 18.6 Å². The third-order valence-corrected chi connectivity index (χ3v) is 6.79. The first kappa shape index (κ1) is 21.2. The van der Waals surface area contributed by atoms with Crippen LogP contribution in [0.4, 0.5) is 0 Å². The lowest BCUT2D eigenvalue weighted by Gasteiger charge is -2.29. The van der Waals surface area contributed by atoms with Gasteiger partial charge in [0.05, 0.1) is 18.2 Å². The Kier molecular flexibility index (Phi) is 6.06. The molecular formula is C23H27NO5S. The molecule has 0 bridgehead atoms. The Balaban J connectivity index is 1.70. The average Bonchev–Trinajstić information content (AvgIpc) is 3.32. The second-order valence-electron chi connectivity index (χ2n) is 8.12. The lowest BCUT2D eigenvalue weighted by Crippen LogP contribution is -2.47. The van der Waals surface area contributed by atoms with Crippen molar-refractivity contribution in [2.75, 3.05) is 12.9 Å². The molecule has 6 atom stereocenters. The van der Waals surface area contributed by atoms with Crippen molar-refractivity contribution in [1.82, 2.24) is 0 Å². The smallest absolute Gasteiger partial charge is 0.164 e. The molecule has 2 aliphatic rings. The Morgan fingerprint density at radius 3 is 2.20 bits per heavy atom. The number of oxime groups is 1. The van der Waals surface area contributed by atoms with Crippen LogP contribution >= 0.6 is 0 Å². The quantitative estimate of drug-likeness (QED) is 0.763. The lowest BCUT2D eigenvalue weighted by molar-refractivity contribution is -0.150. The Hall–Kier alpha value is -2.06. The highest BCUT2D eigenvalue weighted by Gasteiger charge is 2.48. The van der Waals surface area contributed by atoms with Crippen LogP contribution in [0.3, 0.4) is 0 Å². The van der Waals surface area contributed by atoms with E-state index in [9.17, 15) is 9.32 Å². The fourth-order valence-electron chi connectivity index (χ4n) is 4.14. The van der Waals surface area contributed by atoms with Crippen molar-refractivity contribution in [3.63, 3.8) is 0 Å². The number of aliphatic hydroxyl groups is 1. The molecule has 2 heterocycles. The van der Waals surface area contributed by atoms with Crippen LogP contribution in [-0.4, -0.2) is 51.1 Å². The van der Waals surface area contributed by atoms with E-state index in [0.717, 1.165) is 11.1 Å². The summed E-state index contributed by atoms with van der Waals surface area (Å²) in [5.41, 5.74) is 2.53.